The molecular weight excluding hydrogens is 275 g/mol. The van der Waals surface area contributed by atoms with E-state index in [-0.39, 0.29) is 12.4 Å². The summed E-state index contributed by atoms with van der Waals surface area (Å²) in [7, 11) is 0. The molecule has 1 atom stereocenters. The van der Waals surface area contributed by atoms with Gasteiger partial charge in [-0.2, -0.15) is 0 Å². The molecule has 0 saturated carbocycles. The van der Waals surface area contributed by atoms with Crippen molar-refractivity contribution >= 4 is 35.3 Å². The van der Waals surface area contributed by atoms with Crippen molar-refractivity contribution in [3.63, 3.8) is 0 Å². The van der Waals surface area contributed by atoms with Crippen LogP contribution in [0.25, 0.3) is 0 Å². The van der Waals surface area contributed by atoms with Gasteiger partial charge < -0.3 is 5.32 Å². The van der Waals surface area contributed by atoms with Gasteiger partial charge in [-0.15, -0.1) is 23.7 Å². The molecule has 0 aromatic carbocycles. The lowest BCUT2D eigenvalue weighted by Gasteiger charge is -2.27. The van der Waals surface area contributed by atoms with Crippen LogP contribution in [0.3, 0.4) is 0 Å². The van der Waals surface area contributed by atoms with E-state index in [1.165, 1.54) is 24.3 Å². The van der Waals surface area contributed by atoms with Crippen molar-refractivity contribution in [2.45, 2.75) is 32.4 Å². The lowest BCUT2D eigenvalue weighted by molar-refractivity contribution is 0.201. The highest BCUT2D eigenvalue weighted by Gasteiger charge is 2.21. The SMILES string of the molecule is CCCN(Cc1ccc(Cl)s1)C1CCNC1.Cl. The van der Waals surface area contributed by atoms with Gasteiger partial charge in [0.2, 0.25) is 0 Å². The van der Waals surface area contributed by atoms with Gasteiger partial charge in [0.1, 0.15) is 0 Å². The zero-order chi connectivity index (χ0) is 11.4. The standard InChI is InChI=1S/C12H19ClN2S.ClH/c1-2-7-15(10-5-6-14-8-10)9-11-3-4-12(13)16-11;/h3-4,10,14H,2,5-9H2,1H3;1H. The van der Waals surface area contributed by atoms with Crippen LogP contribution in [0.5, 0.6) is 0 Å². The van der Waals surface area contributed by atoms with Crippen molar-refractivity contribution in [1.29, 1.82) is 0 Å². The lowest BCUT2D eigenvalue weighted by atomic mass is 10.2. The van der Waals surface area contributed by atoms with Crippen LogP contribution in [0.1, 0.15) is 24.6 Å². The predicted octanol–water partition coefficient (Wildman–Crippen LogP) is 3.40. The second-order valence-electron chi connectivity index (χ2n) is 4.32. The average Bonchev–Trinajstić information content (AvgIpc) is 2.88. The minimum absolute atomic E-state index is 0. The van der Waals surface area contributed by atoms with Crippen LogP contribution in [0, 0.1) is 0 Å². The van der Waals surface area contributed by atoms with E-state index in [1.807, 2.05) is 6.07 Å². The van der Waals surface area contributed by atoms with Gasteiger partial charge >= 0.3 is 0 Å². The molecule has 2 nitrogen and oxygen atoms in total. The third-order valence-electron chi connectivity index (χ3n) is 3.05. The van der Waals surface area contributed by atoms with Crippen molar-refractivity contribution < 1.29 is 0 Å². The van der Waals surface area contributed by atoms with Crippen LogP contribution >= 0.6 is 35.3 Å². The molecule has 0 amide bonds. The second kappa shape index (κ2) is 7.59. The largest absolute Gasteiger partial charge is 0.315 e. The molecule has 1 fully saturated rings. The molecule has 0 spiro atoms. The topological polar surface area (TPSA) is 15.3 Å². The molecule has 1 aromatic heterocycles. The first-order valence-electron chi connectivity index (χ1n) is 5.98. The number of halogens is 2. The third-order valence-corrected chi connectivity index (χ3v) is 4.27. The van der Waals surface area contributed by atoms with Gasteiger partial charge in [-0.05, 0) is 38.1 Å². The van der Waals surface area contributed by atoms with Crippen LogP contribution in [-0.2, 0) is 6.54 Å². The molecule has 1 aliphatic rings. The van der Waals surface area contributed by atoms with Crippen molar-refractivity contribution in [2.24, 2.45) is 0 Å². The lowest BCUT2D eigenvalue weighted by Crippen LogP contribution is -2.36. The van der Waals surface area contributed by atoms with E-state index in [9.17, 15) is 0 Å². The number of nitrogens with zero attached hydrogens (tertiary/aromatic N) is 1. The Morgan fingerprint density at radius 3 is 2.88 bits per heavy atom. The molecule has 1 aromatic rings. The Hall–Kier alpha value is 0.200. The molecule has 98 valence electrons. The first-order chi connectivity index (χ1) is 7.79. The maximum absolute atomic E-state index is 5.97. The Kier molecular flexibility index (Phi) is 6.82. The summed E-state index contributed by atoms with van der Waals surface area (Å²) in [6.45, 7) is 6.78. The number of nitrogens with one attached hydrogen (secondary N) is 1. The molecule has 0 bridgehead atoms. The van der Waals surface area contributed by atoms with Gasteiger partial charge in [0, 0.05) is 24.0 Å². The van der Waals surface area contributed by atoms with Gasteiger partial charge in [0.05, 0.1) is 4.34 Å². The Balaban J connectivity index is 0.00000144. The first-order valence-corrected chi connectivity index (χ1v) is 7.18. The summed E-state index contributed by atoms with van der Waals surface area (Å²) < 4.78 is 0.899. The van der Waals surface area contributed by atoms with E-state index < -0.39 is 0 Å². The molecule has 17 heavy (non-hydrogen) atoms. The fourth-order valence-electron chi connectivity index (χ4n) is 2.27. The minimum atomic E-state index is 0. The predicted molar refractivity (Wildman–Crippen MR) is 78.6 cm³/mol. The summed E-state index contributed by atoms with van der Waals surface area (Å²) in [5, 5.41) is 3.44. The highest BCUT2D eigenvalue weighted by atomic mass is 35.5. The van der Waals surface area contributed by atoms with E-state index in [1.54, 1.807) is 11.3 Å². The van der Waals surface area contributed by atoms with Crippen molar-refractivity contribution in [2.75, 3.05) is 19.6 Å². The molecule has 1 aliphatic heterocycles. The van der Waals surface area contributed by atoms with Crippen molar-refractivity contribution in [3.8, 4) is 0 Å². The Labute approximate surface area is 119 Å². The van der Waals surface area contributed by atoms with Crippen molar-refractivity contribution in [1.82, 2.24) is 10.2 Å². The van der Waals surface area contributed by atoms with E-state index in [2.05, 4.69) is 23.2 Å². The fourth-order valence-corrected chi connectivity index (χ4v) is 3.38. The Morgan fingerprint density at radius 2 is 2.35 bits per heavy atom. The van der Waals surface area contributed by atoms with Gasteiger partial charge in [-0.3, -0.25) is 4.90 Å². The minimum Gasteiger partial charge on any atom is -0.315 e. The van der Waals surface area contributed by atoms with Crippen LogP contribution in [0.2, 0.25) is 4.34 Å². The first kappa shape index (κ1) is 15.3. The maximum atomic E-state index is 5.97. The maximum Gasteiger partial charge on any atom is 0.0931 e. The van der Waals surface area contributed by atoms with E-state index in [4.69, 9.17) is 11.6 Å². The van der Waals surface area contributed by atoms with Crippen LogP contribution < -0.4 is 5.32 Å². The second-order valence-corrected chi connectivity index (χ2v) is 6.12. The van der Waals surface area contributed by atoms with Gasteiger partial charge in [-0.1, -0.05) is 18.5 Å². The molecule has 0 aliphatic carbocycles. The van der Waals surface area contributed by atoms with Crippen LogP contribution in [0.15, 0.2) is 12.1 Å². The quantitative estimate of drug-likeness (QED) is 0.895. The molecule has 2 heterocycles. The van der Waals surface area contributed by atoms with Gasteiger partial charge in [0.15, 0.2) is 0 Å². The zero-order valence-electron chi connectivity index (χ0n) is 10.1. The normalized spacial score (nSPS) is 19.6. The molecule has 0 radical (unpaired) electrons. The summed E-state index contributed by atoms with van der Waals surface area (Å²) in [6.07, 6.45) is 2.49. The molecule has 5 heteroatoms. The number of hydrogen-bond acceptors (Lipinski definition) is 3. The third kappa shape index (κ3) is 4.42. The van der Waals surface area contributed by atoms with Gasteiger partial charge in [0.25, 0.3) is 0 Å². The molecule has 1 N–H and O–H groups in total. The summed E-state index contributed by atoms with van der Waals surface area (Å²) in [6, 6.07) is 4.86. The zero-order valence-corrected chi connectivity index (χ0v) is 12.5. The summed E-state index contributed by atoms with van der Waals surface area (Å²) >= 11 is 7.67. The number of hydrogen-bond donors (Lipinski definition) is 1. The van der Waals surface area contributed by atoms with Crippen LogP contribution in [-0.4, -0.2) is 30.6 Å². The Morgan fingerprint density at radius 1 is 1.53 bits per heavy atom. The van der Waals surface area contributed by atoms with Crippen molar-refractivity contribution in [3.05, 3.63) is 21.3 Å². The molecule has 1 saturated heterocycles. The highest BCUT2D eigenvalue weighted by Crippen LogP contribution is 2.24. The smallest absolute Gasteiger partial charge is 0.0931 e. The molecular formula is C12H20Cl2N2S. The summed E-state index contributed by atoms with van der Waals surface area (Å²) in [5.41, 5.74) is 0. The van der Waals surface area contributed by atoms with E-state index in [0.29, 0.717) is 6.04 Å². The highest BCUT2D eigenvalue weighted by molar-refractivity contribution is 7.16. The van der Waals surface area contributed by atoms with E-state index in [0.717, 1.165) is 24.0 Å². The Bertz CT molecular complexity index is 324. The monoisotopic (exact) mass is 294 g/mol. The number of thiophene rings is 1. The molecule has 1 unspecified atom stereocenters. The van der Waals surface area contributed by atoms with Gasteiger partial charge in [-0.25, -0.2) is 0 Å². The average molecular weight is 295 g/mol. The summed E-state index contributed by atoms with van der Waals surface area (Å²) in [5.74, 6) is 0. The van der Waals surface area contributed by atoms with Crippen LogP contribution in [0.4, 0.5) is 0 Å². The number of rotatable bonds is 5. The summed E-state index contributed by atoms with van der Waals surface area (Å²) in [4.78, 5) is 3.97. The van der Waals surface area contributed by atoms with E-state index >= 15 is 0 Å². The molecule has 2 rings (SSSR count). The fraction of sp³-hybridized carbons (Fsp3) is 0.667.